The number of rotatable bonds is 7. The summed E-state index contributed by atoms with van der Waals surface area (Å²) in [6, 6.07) is 11.1. The molecule has 0 unspecified atom stereocenters. The molecule has 0 aliphatic rings. The van der Waals surface area contributed by atoms with Crippen LogP contribution in [0, 0.1) is 11.3 Å². The zero-order valence-corrected chi connectivity index (χ0v) is 16.7. The van der Waals surface area contributed by atoms with E-state index in [2.05, 4.69) is 28.0 Å². The molecule has 2 aromatic heterocycles. The molecule has 0 amide bonds. The molecule has 1 N–H and O–H groups in total. The number of hydrogen-bond donors (Lipinski definition) is 1. The minimum atomic E-state index is -0.520. The van der Waals surface area contributed by atoms with Crippen molar-refractivity contribution in [2.45, 2.75) is 33.4 Å². The van der Waals surface area contributed by atoms with Crippen LogP contribution in [0.3, 0.4) is 0 Å². The van der Waals surface area contributed by atoms with Crippen LogP contribution in [-0.4, -0.2) is 38.6 Å². The number of aromatic amines is 1. The number of nitrogens with zero attached hydrogens (tertiary/aromatic N) is 4. The summed E-state index contributed by atoms with van der Waals surface area (Å²) in [6.07, 6.45) is 1.43. The van der Waals surface area contributed by atoms with E-state index in [1.54, 1.807) is 19.1 Å². The average molecular weight is 393 g/mol. The predicted octanol–water partition coefficient (Wildman–Crippen LogP) is 2.65. The van der Waals surface area contributed by atoms with Crippen LogP contribution in [0.25, 0.3) is 5.65 Å². The summed E-state index contributed by atoms with van der Waals surface area (Å²) in [7, 11) is 0. The molecule has 8 nitrogen and oxygen atoms in total. The first kappa shape index (κ1) is 20.3. The minimum absolute atomic E-state index is 0.0590. The first-order valence-corrected chi connectivity index (χ1v) is 9.49. The van der Waals surface area contributed by atoms with E-state index in [1.165, 1.54) is 16.8 Å². The number of esters is 1. The summed E-state index contributed by atoms with van der Waals surface area (Å²) >= 11 is 0. The Labute approximate surface area is 168 Å². The fourth-order valence-electron chi connectivity index (χ4n) is 3.25. The van der Waals surface area contributed by atoms with E-state index in [9.17, 15) is 9.59 Å². The highest BCUT2D eigenvalue weighted by atomic mass is 16.5. The van der Waals surface area contributed by atoms with Crippen molar-refractivity contribution in [2.24, 2.45) is 0 Å². The molecular weight excluding hydrogens is 370 g/mol. The molecule has 0 aliphatic heterocycles. The lowest BCUT2D eigenvalue weighted by Gasteiger charge is -2.27. The first-order valence-electron chi connectivity index (χ1n) is 9.49. The van der Waals surface area contributed by atoms with Gasteiger partial charge in [-0.2, -0.15) is 5.26 Å². The molecule has 0 spiro atoms. The van der Waals surface area contributed by atoms with Gasteiger partial charge in [0.25, 0.3) is 5.56 Å². The number of benzene rings is 1. The summed E-state index contributed by atoms with van der Waals surface area (Å²) in [5.41, 5.74) is 2.45. The van der Waals surface area contributed by atoms with Gasteiger partial charge in [-0.05, 0) is 38.1 Å². The van der Waals surface area contributed by atoms with Gasteiger partial charge in [-0.3, -0.25) is 14.8 Å². The van der Waals surface area contributed by atoms with Crippen molar-refractivity contribution < 1.29 is 9.53 Å². The number of nitriles is 1. The number of carbonyl (C=O) groups is 1. The summed E-state index contributed by atoms with van der Waals surface area (Å²) < 4.78 is 6.28. The first-order chi connectivity index (χ1) is 14.0. The van der Waals surface area contributed by atoms with E-state index in [-0.39, 0.29) is 29.4 Å². The molecule has 3 rings (SSSR count). The normalized spacial score (nSPS) is 12.1. The largest absolute Gasteiger partial charge is 0.462 e. The molecule has 2 heterocycles. The Kier molecular flexibility index (Phi) is 6.10. The summed E-state index contributed by atoms with van der Waals surface area (Å²) in [6.45, 7) is 7.24. The van der Waals surface area contributed by atoms with Crippen LogP contribution in [-0.2, 0) is 11.3 Å². The predicted molar refractivity (Wildman–Crippen MR) is 107 cm³/mol. The van der Waals surface area contributed by atoms with Gasteiger partial charge in [0.15, 0.2) is 5.65 Å². The lowest BCUT2D eigenvalue weighted by Crippen LogP contribution is -2.28. The molecule has 0 saturated carbocycles. The van der Waals surface area contributed by atoms with E-state index in [4.69, 9.17) is 10.00 Å². The van der Waals surface area contributed by atoms with Gasteiger partial charge in [-0.15, -0.1) is 0 Å². The maximum atomic E-state index is 12.5. The Hall–Kier alpha value is -3.44. The number of fused-ring (bicyclic) bond motifs is 1. The number of aromatic nitrogens is 3. The van der Waals surface area contributed by atoms with E-state index in [0.717, 1.165) is 12.1 Å². The number of nitrogens with one attached hydrogen (secondary N) is 1. The van der Waals surface area contributed by atoms with Crippen molar-refractivity contribution >= 4 is 11.6 Å². The van der Waals surface area contributed by atoms with Crippen molar-refractivity contribution in [2.75, 3.05) is 13.2 Å². The average Bonchev–Trinajstić information content (AvgIpc) is 3.16. The Morgan fingerprint density at radius 1 is 1.34 bits per heavy atom. The lowest BCUT2D eigenvalue weighted by atomic mass is 10.0. The Bertz CT molecular complexity index is 1110. The van der Waals surface area contributed by atoms with Crippen molar-refractivity contribution in [3.05, 3.63) is 69.3 Å². The van der Waals surface area contributed by atoms with Gasteiger partial charge in [-0.25, -0.2) is 14.3 Å². The second-order valence-corrected chi connectivity index (χ2v) is 6.63. The second kappa shape index (κ2) is 8.71. The van der Waals surface area contributed by atoms with Gasteiger partial charge in [0.2, 0.25) is 0 Å². The zero-order valence-electron chi connectivity index (χ0n) is 16.7. The van der Waals surface area contributed by atoms with Crippen molar-refractivity contribution in [3.63, 3.8) is 0 Å². The smallest absolute Gasteiger partial charge is 0.343 e. The van der Waals surface area contributed by atoms with Crippen molar-refractivity contribution in [1.29, 1.82) is 5.26 Å². The van der Waals surface area contributed by atoms with Crippen molar-refractivity contribution in [1.82, 2.24) is 19.5 Å². The summed E-state index contributed by atoms with van der Waals surface area (Å²) in [4.78, 5) is 31.3. The van der Waals surface area contributed by atoms with E-state index in [0.29, 0.717) is 17.8 Å². The fourth-order valence-corrected chi connectivity index (χ4v) is 3.25. The number of H-pyrrole nitrogens is 1. The van der Waals surface area contributed by atoms with Gasteiger partial charge in [-0.1, -0.05) is 19.1 Å². The highest BCUT2D eigenvalue weighted by Crippen LogP contribution is 2.22. The van der Waals surface area contributed by atoms with Crippen LogP contribution in [0.5, 0.6) is 0 Å². The summed E-state index contributed by atoms with van der Waals surface area (Å²) in [5, 5.41) is 11.7. The van der Waals surface area contributed by atoms with Gasteiger partial charge < -0.3 is 4.74 Å². The van der Waals surface area contributed by atoms with Crippen LogP contribution in [0.2, 0.25) is 0 Å². The SMILES string of the molecule is CCOC(=O)c1c[nH]n2c(=O)cc(CN(CC)[C@H](C)c3ccc(C#N)cc3)nc12. The third kappa shape index (κ3) is 4.20. The van der Waals surface area contributed by atoms with Crippen LogP contribution in [0.15, 0.2) is 41.3 Å². The quantitative estimate of drug-likeness (QED) is 0.619. The van der Waals surface area contributed by atoms with Crippen LogP contribution >= 0.6 is 0 Å². The molecule has 1 aromatic carbocycles. The number of hydrogen-bond acceptors (Lipinski definition) is 6. The van der Waals surface area contributed by atoms with E-state index >= 15 is 0 Å². The Morgan fingerprint density at radius 2 is 2.07 bits per heavy atom. The molecule has 3 aromatic rings. The second-order valence-electron chi connectivity index (χ2n) is 6.63. The lowest BCUT2D eigenvalue weighted by molar-refractivity contribution is 0.0528. The van der Waals surface area contributed by atoms with Crippen LogP contribution < -0.4 is 5.56 Å². The monoisotopic (exact) mass is 393 g/mol. The van der Waals surface area contributed by atoms with Gasteiger partial charge in [0, 0.05) is 24.8 Å². The molecule has 0 bridgehead atoms. The third-order valence-corrected chi connectivity index (χ3v) is 4.89. The Balaban J connectivity index is 1.90. The van der Waals surface area contributed by atoms with Gasteiger partial charge >= 0.3 is 5.97 Å². The molecule has 8 heteroatoms. The van der Waals surface area contributed by atoms with E-state index in [1.807, 2.05) is 19.1 Å². The molecule has 0 radical (unpaired) electrons. The standard InChI is InChI=1S/C21H23N5O3/c1-4-25(14(3)16-8-6-15(11-22)7-9-16)13-17-10-19(27)26-20(24-17)18(12-23-26)21(28)29-5-2/h6-10,12,14,23H,4-5,13H2,1-3H3/t14-/m1/s1. The summed E-state index contributed by atoms with van der Waals surface area (Å²) in [5.74, 6) is -0.520. The minimum Gasteiger partial charge on any atom is -0.462 e. The molecule has 1 atom stereocenters. The molecule has 0 saturated heterocycles. The Morgan fingerprint density at radius 3 is 2.69 bits per heavy atom. The number of carbonyl (C=O) groups excluding carboxylic acids is 1. The highest BCUT2D eigenvalue weighted by Gasteiger charge is 2.19. The van der Waals surface area contributed by atoms with Crippen LogP contribution in [0.4, 0.5) is 0 Å². The molecule has 0 fully saturated rings. The maximum absolute atomic E-state index is 12.5. The van der Waals surface area contributed by atoms with E-state index < -0.39 is 5.97 Å². The van der Waals surface area contributed by atoms with Crippen molar-refractivity contribution in [3.8, 4) is 6.07 Å². The zero-order chi connectivity index (χ0) is 21.0. The molecular formula is C21H23N5O3. The topological polar surface area (TPSA) is 103 Å². The number of ether oxygens (including phenoxy) is 1. The third-order valence-electron chi connectivity index (χ3n) is 4.89. The fraction of sp³-hybridized carbons (Fsp3) is 0.333. The van der Waals surface area contributed by atoms with Gasteiger partial charge in [0.1, 0.15) is 5.56 Å². The molecule has 0 aliphatic carbocycles. The maximum Gasteiger partial charge on any atom is 0.343 e. The van der Waals surface area contributed by atoms with Crippen LogP contribution in [0.1, 0.15) is 54.0 Å². The van der Waals surface area contributed by atoms with Gasteiger partial charge in [0.05, 0.1) is 23.9 Å². The molecule has 150 valence electrons. The highest BCUT2D eigenvalue weighted by molar-refractivity contribution is 5.95. The molecule has 29 heavy (non-hydrogen) atoms.